The summed E-state index contributed by atoms with van der Waals surface area (Å²) in [6.07, 6.45) is -1.07. The van der Waals surface area contributed by atoms with E-state index >= 15 is 0 Å². The fraction of sp³-hybridized carbons (Fsp3) is 0.565. The maximum atomic E-state index is 13.1. The van der Waals surface area contributed by atoms with Crippen molar-refractivity contribution in [2.75, 3.05) is 31.9 Å². The molecule has 1 aromatic heterocycles. The van der Waals surface area contributed by atoms with Crippen molar-refractivity contribution in [3.05, 3.63) is 38.8 Å². The quantitative estimate of drug-likeness (QED) is 0.0691. The van der Waals surface area contributed by atoms with E-state index in [2.05, 4.69) is 33.7 Å². The second-order valence-corrected chi connectivity index (χ2v) is 9.75. The number of rotatable bonds is 15. The summed E-state index contributed by atoms with van der Waals surface area (Å²) in [6.45, 7) is 2.47. The van der Waals surface area contributed by atoms with E-state index in [-0.39, 0.29) is 55.0 Å². The van der Waals surface area contributed by atoms with Crippen LogP contribution in [-0.2, 0) is 30.5 Å². The molecule has 0 spiro atoms. The minimum atomic E-state index is -1.74. The second kappa shape index (κ2) is 15.7. The smallest absolute Gasteiger partial charge is 0.332 e. The van der Waals surface area contributed by atoms with Crippen LogP contribution in [0.2, 0.25) is 0 Å². The minimum Gasteiger partial charge on any atom is -0.479 e. The van der Waals surface area contributed by atoms with Gasteiger partial charge in [0, 0.05) is 49.1 Å². The van der Waals surface area contributed by atoms with Gasteiger partial charge >= 0.3 is 11.5 Å². The van der Waals surface area contributed by atoms with Gasteiger partial charge in [-0.05, 0) is 25.4 Å². The first-order valence-corrected chi connectivity index (χ1v) is 13.4. The van der Waals surface area contributed by atoms with Crippen LogP contribution in [0.5, 0.6) is 0 Å². The maximum absolute atomic E-state index is 13.1. The van der Waals surface area contributed by atoms with Gasteiger partial charge in [0.25, 0.3) is 10.6 Å². The first kappa shape index (κ1) is 34.0. The number of aliphatic hydroxyl groups excluding tert-OH is 2. The van der Waals surface area contributed by atoms with Gasteiger partial charge in [0.05, 0.1) is 17.6 Å². The zero-order valence-electron chi connectivity index (χ0n) is 23.0. The highest BCUT2D eigenvalue weighted by molar-refractivity contribution is 7.80. The Kier molecular flexibility index (Phi) is 12.7. The lowest BCUT2D eigenvalue weighted by Gasteiger charge is -2.33. The molecule has 4 amide bonds. The van der Waals surface area contributed by atoms with E-state index in [1.807, 2.05) is 0 Å². The van der Waals surface area contributed by atoms with Crippen LogP contribution in [0.15, 0.2) is 22.8 Å². The third kappa shape index (κ3) is 10.00. The molecule has 0 fully saturated rings. The lowest BCUT2D eigenvalue weighted by Crippen LogP contribution is -2.53. The molecule has 3 unspecified atom stereocenters. The molecule has 1 aliphatic heterocycles. The summed E-state index contributed by atoms with van der Waals surface area (Å²) in [5.41, 5.74) is 0.0100. The standard InChI is InChI=1S/C23H34N8O10S/c1-13-10-29(23(40)26-19(13)35)6-5-28(7-8-30-11-14(2)20(36)27-31(30)41)18(34)9-24-21(37)15(12-42)25-17(33)4-3-16(32)22(38)39/h10-11,15-16,23,32,40H,3-9,12H2,1-2H3,(H5-,24,25,26,27,33,35,36,37,38,39,41,42)/p+1. The lowest BCUT2D eigenvalue weighted by atomic mass is 10.2. The average molecular weight is 616 g/mol. The van der Waals surface area contributed by atoms with Gasteiger partial charge in [0.1, 0.15) is 12.6 Å². The van der Waals surface area contributed by atoms with E-state index < -0.39 is 60.2 Å². The Morgan fingerprint density at radius 3 is 2.50 bits per heavy atom. The van der Waals surface area contributed by atoms with Gasteiger partial charge in [-0.15, -0.1) is 0 Å². The summed E-state index contributed by atoms with van der Waals surface area (Å²) < 4.78 is 1.34. The van der Waals surface area contributed by atoms with Crippen molar-refractivity contribution in [3.8, 4) is 0 Å². The number of nitrogens with zero attached hydrogens (tertiary/aromatic N) is 4. The van der Waals surface area contributed by atoms with Crippen LogP contribution >= 0.6 is 12.6 Å². The second-order valence-electron chi connectivity index (χ2n) is 9.38. The number of carbonyl (C=O) groups is 5. The number of hydrogen-bond acceptors (Lipinski definition) is 11. The number of nitrogens with one attached hydrogen (secondary N) is 4. The minimum absolute atomic E-state index is 0.00813. The molecule has 42 heavy (non-hydrogen) atoms. The Morgan fingerprint density at radius 2 is 1.86 bits per heavy atom. The Hall–Kier alpha value is -4.23. The zero-order chi connectivity index (χ0) is 31.6. The molecule has 2 heterocycles. The van der Waals surface area contributed by atoms with E-state index in [4.69, 9.17) is 5.11 Å². The number of amides is 4. The summed E-state index contributed by atoms with van der Waals surface area (Å²) in [6, 6.07) is -1.16. The molecule has 0 saturated heterocycles. The highest BCUT2D eigenvalue weighted by Gasteiger charge is 2.26. The number of carboxylic acid groups (broad SMARTS) is 1. The largest absolute Gasteiger partial charge is 0.479 e. The molecule has 0 aliphatic carbocycles. The normalized spacial score (nSPS) is 16.1. The molecular formula is C23H35N8O10S+. The number of carboxylic acids is 1. The number of thiol groups is 1. The summed E-state index contributed by atoms with van der Waals surface area (Å²) in [7, 11) is 0. The molecule has 0 saturated carbocycles. The number of H-pyrrole nitrogens is 1. The molecule has 0 radical (unpaired) electrons. The monoisotopic (exact) mass is 615 g/mol. The van der Waals surface area contributed by atoms with Crippen LogP contribution in [0.4, 0.5) is 0 Å². The summed E-state index contributed by atoms with van der Waals surface area (Å²) >= 11 is 4.03. The number of aryl methyl sites for hydroxylation is 1. The number of carbonyl (C=O) groups excluding carboxylic acids is 4. The van der Waals surface area contributed by atoms with Gasteiger partial charge in [0.2, 0.25) is 24.1 Å². The van der Waals surface area contributed by atoms with Gasteiger partial charge in [0.15, 0.2) is 6.10 Å². The van der Waals surface area contributed by atoms with Crippen molar-refractivity contribution in [3.63, 3.8) is 0 Å². The number of aliphatic carboxylic acids is 1. The van der Waals surface area contributed by atoms with Crippen molar-refractivity contribution in [1.82, 2.24) is 35.5 Å². The van der Waals surface area contributed by atoms with Crippen molar-refractivity contribution < 1.29 is 43.9 Å². The third-order valence-electron chi connectivity index (χ3n) is 6.18. The first-order valence-electron chi connectivity index (χ1n) is 12.8. The molecule has 2 rings (SSSR count). The molecule has 1 aromatic rings. The van der Waals surface area contributed by atoms with Gasteiger partial charge in [-0.1, -0.05) is 4.68 Å². The molecule has 19 heteroatoms. The molecule has 0 bridgehead atoms. The van der Waals surface area contributed by atoms with Crippen LogP contribution < -0.4 is 26.2 Å². The van der Waals surface area contributed by atoms with Crippen LogP contribution in [0.3, 0.4) is 0 Å². The number of aromatic nitrogens is 3. The van der Waals surface area contributed by atoms with Gasteiger partial charge < -0.3 is 41.1 Å². The highest BCUT2D eigenvalue weighted by Crippen LogP contribution is 2.08. The summed E-state index contributed by atoms with van der Waals surface area (Å²) in [5.74, 6) is -4.13. The highest BCUT2D eigenvalue weighted by atomic mass is 32.1. The molecule has 3 atom stereocenters. The fourth-order valence-electron chi connectivity index (χ4n) is 3.68. The Labute approximate surface area is 244 Å². The predicted octanol–water partition coefficient (Wildman–Crippen LogP) is -4.40. The molecule has 232 valence electrons. The molecule has 7 N–H and O–H groups in total. The van der Waals surface area contributed by atoms with Gasteiger partial charge in [-0.3, -0.25) is 24.0 Å². The van der Waals surface area contributed by atoms with E-state index in [1.54, 1.807) is 6.92 Å². The summed E-state index contributed by atoms with van der Waals surface area (Å²) in [5, 5.41) is 37.4. The van der Waals surface area contributed by atoms with Crippen LogP contribution in [0, 0.1) is 11.8 Å². The average Bonchev–Trinajstić information content (AvgIpc) is 2.93. The fourth-order valence-corrected chi connectivity index (χ4v) is 3.94. The molecule has 0 aromatic carbocycles. The third-order valence-corrected chi connectivity index (χ3v) is 6.55. The van der Waals surface area contributed by atoms with Crippen molar-refractivity contribution in [1.29, 1.82) is 0 Å². The summed E-state index contributed by atoms with van der Waals surface area (Å²) in [4.78, 5) is 86.7. The number of aliphatic hydroxyl groups is 2. The molecule has 1 aliphatic rings. The van der Waals surface area contributed by atoms with Crippen LogP contribution in [0.25, 0.3) is 0 Å². The van der Waals surface area contributed by atoms with Crippen LogP contribution in [0.1, 0.15) is 25.3 Å². The van der Waals surface area contributed by atoms with Crippen molar-refractivity contribution >= 4 is 42.2 Å². The predicted molar refractivity (Wildman–Crippen MR) is 146 cm³/mol. The number of hydrogen-bond donors (Lipinski definition) is 8. The Bertz CT molecular complexity index is 1330. The van der Waals surface area contributed by atoms with Crippen molar-refractivity contribution in [2.45, 2.75) is 51.7 Å². The maximum Gasteiger partial charge on any atom is 0.332 e. The topological polar surface area (TPSA) is 249 Å². The SMILES string of the molecule is CC1=CN(CCN(CCn2cc(C)c(=O)[nH][n+]2=O)C(=O)CNC(=O)C(CS)NC(=O)CCC(O)C(=O)O)C(O)NC1=O. The number of aromatic amines is 1. The van der Waals surface area contributed by atoms with Crippen LogP contribution in [-0.4, -0.2) is 115 Å². The molecular weight excluding hydrogens is 580 g/mol. The Morgan fingerprint density at radius 1 is 1.19 bits per heavy atom. The first-order chi connectivity index (χ1) is 19.7. The Balaban J connectivity index is 2.07. The van der Waals surface area contributed by atoms with Crippen molar-refractivity contribution in [2.24, 2.45) is 0 Å². The van der Waals surface area contributed by atoms with E-state index in [0.29, 0.717) is 5.57 Å². The zero-order valence-corrected chi connectivity index (χ0v) is 23.9. The molecule has 18 nitrogen and oxygen atoms in total. The van der Waals surface area contributed by atoms with E-state index in [9.17, 15) is 43.9 Å². The lowest BCUT2D eigenvalue weighted by molar-refractivity contribution is -0.661. The van der Waals surface area contributed by atoms with E-state index in [0.717, 1.165) is 4.68 Å². The van der Waals surface area contributed by atoms with Gasteiger partial charge in [-0.25, -0.2) is 4.79 Å². The van der Waals surface area contributed by atoms with Gasteiger partial charge in [-0.2, -0.15) is 12.6 Å². The van der Waals surface area contributed by atoms with E-state index in [1.165, 1.54) is 29.1 Å².